The summed E-state index contributed by atoms with van der Waals surface area (Å²) in [6.45, 7) is 2.71. The van der Waals surface area contributed by atoms with Crippen LogP contribution in [0.3, 0.4) is 0 Å². The summed E-state index contributed by atoms with van der Waals surface area (Å²) in [5, 5.41) is 87.5. The second-order valence-corrected chi connectivity index (χ2v) is 25.0. The fraction of sp³-hybridized carbons (Fsp3) is 0.773. The van der Waals surface area contributed by atoms with Gasteiger partial charge in [0.15, 0.2) is 12.6 Å². The van der Waals surface area contributed by atoms with Crippen LogP contribution in [0.1, 0.15) is 277 Å². The third kappa shape index (κ3) is 42.7. The summed E-state index contributed by atoms with van der Waals surface area (Å²) in [4.78, 5) is 13.3. The van der Waals surface area contributed by atoms with Gasteiger partial charge >= 0.3 is 0 Å². The zero-order valence-corrected chi connectivity index (χ0v) is 55.9. The Morgan fingerprint density at radius 3 is 1.19 bits per heavy atom. The third-order valence-electron chi connectivity index (χ3n) is 17.0. The molecule has 514 valence electrons. The van der Waals surface area contributed by atoms with E-state index in [0.29, 0.717) is 6.42 Å². The second-order valence-electron chi connectivity index (χ2n) is 25.0. The van der Waals surface area contributed by atoms with E-state index < -0.39 is 86.8 Å². The largest absolute Gasteiger partial charge is 0.394 e. The van der Waals surface area contributed by atoms with Gasteiger partial charge in [-0.15, -0.1) is 0 Å². The molecule has 0 aromatic carbocycles. The van der Waals surface area contributed by atoms with E-state index in [2.05, 4.69) is 104 Å². The second kappa shape index (κ2) is 58.7. The summed E-state index contributed by atoms with van der Waals surface area (Å²) in [7, 11) is 0. The number of hydrogen-bond acceptors (Lipinski definition) is 13. The highest BCUT2D eigenvalue weighted by Crippen LogP contribution is 2.30. The number of allylic oxidation sites excluding steroid dienone is 15. The molecule has 2 rings (SSSR count). The topological polar surface area (TPSA) is 228 Å². The molecule has 0 saturated carbocycles. The molecule has 89 heavy (non-hydrogen) atoms. The molecule has 12 unspecified atom stereocenters. The van der Waals surface area contributed by atoms with Gasteiger partial charge in [-0.1, -0.05) is 291 Å². The van der Waals surface area contributed by atoms with E-state index in [1.54, 1.807) is 6.08 Å². The molecule has 2 aliphatic rings. The van der Waals surface area contributed by atoms with Gasteiger partial charge in [-0.3, -0.25) is 4.79 Å². The lowest BCUT2D eigenvalue weighted by Gasteiger charge is -2.46. The van der Waals surface area contributed by atoms with Gasteiger partial charge in [0, 0.05) is 6.42 Å². The molecule has 0 radical (unpaired) electrons. The number of aliphatic hydroxyl groups excluding tert-OH is 8. The smallest absolute Gasteiger partial charge is 0.220 e. The molecule has 2 aliphatic heterocycles. The first-order chi connectivity index (χ1) is 43.6. The Kier molecular flexibility index (Phi) is 54.1. The molecule has 14 heteroatoms. The quantitative estimate of drug-likeness (QED) is 0.0204. The fourth-order valence-electron chi connectivity index (χ4n) is 11.3. The van der Waals surface area contributed by atoms with Gasteiger partial charge in [0.2, 0.25) is 5.91 Å². The van der Waals surface area contributed by atoms with Gasteiger partial charge in [0.05, 0.1) is 32.0 Å². The molecule has 2 fully saturated rings. The Balaban J connectivity index is 1.67. The van der Waals surface area contributed by atoms with Crippen molar-refractivity contribution in [1.29, 1.82) is 0 Å². The van der Waals surface area contributed by atoms with E-state index in [-0.39, 0.29) is 18.9 Å². The van der Waals surface area contributed by atoms with Gasteiger partial charge in [-0.2, -0.15) is 0 Å². The molecule has 12 atom stereocenters. The predicted octanol–water partition coefficient (Wildman–Crippen LogP) is 15.0. The Bertz CT molecular complexity index is 1860. The van der Waals surface area contributed by atoms with Crippen molar-refractivity contribution in [2.75, 3.05) is 19.8 Å². The molecule has 0 spiro atoms. The molecular weight excluding hydrogens is 1120 g/mol. The van der Waals surface area contributed by atoms with Gasteiger partial charge < -0.3 is 65.1 Å². The minimum Gasteiger partial charge on any atom is -0.394 e. The summed E-state index contributed by atoms with van der Waals surface area (Å²) >= 11 is 0. The first-order valence-electron chi connectivity index (χ1n) is 36.0. The Hall–Kier alpha value is -3.09. The number of carbonyl (C=O) groups is 1. The highest BCUT2D eigenvalue weighted by molar-refractivity contribution is 5.76. The van der Waals surface area contributed by atoms with E-state index in [9.17, 15) is 45.6 Å². The summed E-state index contributed by atoms with van der Waals surface area (Å²) in [5.74, 6) is -0.244. The summed E-state index contributed by atoms with van der Waals surface area (Å²) in [5.41, 5.74) is 0. The van der Waals surface area contributed by atoms with Gasteiger partial charge in [-0.05, 0) is 77.0 Å². The minimum absolute atomic E-state index is 0.244. The van der Waals surface area contributed by atoms with Crippen molar-refractivity contribution in [3.8, 4) is 0 Å². The number of ether oxygens (including phenoxy) is 4. The van der Waals surface area contributed by atoms with Gasteiger partial charge in [0.1, 0.15) is 48.8 Å². The molecule has 14 nitrogen and oxygen atoms in total. The molecule has 0 bridgehead atoms. The monoisotopic (exact) mass is 1250 g/mol. The number of rotatable bonds is 58. The van der Waals surface area contributed by atoms with Crippen molar-refractivity contribution < 1.29 is 64.6 Å². The summed E-state index contributed by atoms with van der Waals surface area (Å²) in [6, 6.07) is -0.923. The highest BCUT2D eigenvalue weighted by atomic mass is 16.7. The normalized spacial score (nSPS) is 23.6. The van der Waals surface area contributed by atoms with Crippen LogP contribution in [-0.4, -0.2) is 140 Å². The van der Waals surface area contributed by atoms with Crippen LogP contribution in [-0.2, 0) is 23.7 Å². The number of nitrogens with one attached hydrogen (secondary N) is 1. The van der Waals surface area contributed by atoms with Crippen LogP contribution in [0.5, 0.6) is 0 Å². The Morgan fingerprint density at radius 2 is 0.775 bits per heavy atom. The van der Waals surface area contributed by atoms with Crippen molar-refractivity contribution in [3.63, 3.8) is 0 Å². The van der Waals surface area contributed by atoms with Crippen molar-refractivity contribution in [2.45, 2.75) is 351 Å². The SMILES string of the molecule is CC/C=C\C/C=C\C/C=C\C/C=C\C/C=C\C/C=C\C/C=C\CCCCCCCCCCCCCC(=O)NC(COC1OC(CO)C(OC2OC(CO)C(O)C(O)C2O)C(O)C1O)C(O)/C=C/CCCCCCCCCCCCCCCCCCCCCC. The zero-order valence-electron chi connectivity index (χ0n) is 55.9. The Morgan fingerprint density at radius 1 is 0.416 bits per heavy atom. The van der Waals surface area contributed by atoms with Crippen LogP contribution in [0.2, 0.25) is 0 Å². The molecule has 2 saturated heterocycles. The number of carbonyl (C=O) groups excluding carboxylic acids is 1. The lowest BCUT2D eigenvalue weighted by Crippen LogP contribution is -2.65. The molecule has 0 aromatic heterocycles. The maximum Gasteiger partial charge on any atom is 0.220 e. The van der Waals surface area contributed by atoms with E-state index in [4.69, 9.17) is 18.9 Å². The average Bonchev–Trinajstić information content (AvgIpc) is 2.75. The first kappa shape index (κ1) is 82.0. The van der Waals surface area contributed by atoms with Crippen LogP contribution in [0.4, 0.5) is 0 Å². The molecule has 0 aliphatic carbocycles. The average molecular weight is 1250 g/mol. The fourth-order valence-corrected chi connectivity index (χ4v) is 11.3. The van der Waals surface area contributed by atoms with Gasteiger partial charge in [0.25, 0.3) is 0 Å². The lowest BCUT2D eigenvalue weighted by molar-refractivity contribution is -0.359. The zero-order chi connectivity index (χ0) is 64.5. The molecular formula is C75H131NO13. The van der Waals surface area contributed by atoms with Crippen LogP contribution < -0.4 is 5.32 Å². The lowest BCUT2D eigenvalue weighted by atomic mass is 9.97. The third-order valence-corrected chi connectivity index (χ3v) is 17.0. The number of unbranched alkanes of at least 4 members (excludes halogenated alkanes) is 31. The number of hydrogen-bond donors (Lipinski definition) is 9. The van der Waals surface area contributed by atoms with Crippen molar-refractivity contribution in [1.82, 2.24) is 5.32 Å². The highest BCUT2D eigenvalue weighted by Gasteiger charge is 2.51. The van der Waals surface area contributed by atoms with Crippen molar-refractivity contribution in [2.24, 2.45) is 0 Å². The predicted molar refractivity (Wildman–Crippen MR) is 364 cm³/mol. The molecule has 2 heterocycles. The number of aliphatic hydroxyl groups is 8. The maximum absolute atomic E-state index is 13.3. The van der Waals surface area contributed by atoms with E-state index in [1.807, 2.05) is 6.08 Å². The van der Waals surface area contributed by atoms with E-state index in [0.717, 1.165) is 89.9 Å². The summed E-state index contributed by atoms with van der Waals surface area (Å²) in [6.07, 6.45) is 65.9. The Labute approximate surface area is 541 Å². The molecule has 1 amide bonds. The first-order valence-corrected chi connectivity index (χ1v) is 36.0. The summed E-state index contributed by atoms with van der Waals surface area (Å²) < 4.78 is 22.9. The van der Waals surface area contributed by atoms with Crippen molar-refractivity contribution >= 4 is 5.91 Å². The van der Waals surface area contributed by atoms with Gasteiger partial charge in [-0.25, -0.2) is 0 Å². The minimum atomic E-state index is -1.79. The standard InChI is InChI=1S/C75H131NO13/c1-3-5-7-9-11-13-15-17-19-21-23-25-27-28-29-30-31-32-33-34-35-36-37-39-41-43-45-47-49-51-53-55-57-59-67(80)76-63(62-86-74-72(85)70(83)73(66(61-78)88-74)89-75-71(84)69(82)68(81)65(60-77)87-75)64(79)58-56-54-52-50-48-46-44-42-40-38-26-24-22-20-18-16-14-12-10-8-6-4-2/h5,7,11,13,17,19,23,25,28-29,31-32,34-35,56,58,63-66,68-75,77-79,81-85H,3-4,6,8-10,12,14-16,18,20-22,24,26-27,30,33,36-55,57,59-62H2,1-2H3,(H,76,80)/b7-5-,13-11-,19-17-,25-23-,29-28-,32-31-,35-34-,58-56+. The number of amides is 1. The van der Waals surface area contributed by atoms with Crippen LogP contribution in [0, 0.1) is 0 Å². The van der Waals surface area contributed by atoms with Crippen LogP contribution in [0.15, 0.2) is 97.2 Å². The van der Waals surface area contributed by atoms with E-state index in [1.165, 1.54) is 161 Å². The molecule has 0 aromatic rings. The maximum atomic E-state index is 13.3. The van der Waals surface area contributed by atoms with Crippen LogP contribution >= 0.6 is 0 Å². The van der Waals surface area contributed by atoms with Crippen LogP contribution in [0.25, 0.3) is 0 Å². The van der Waals surface area contributed by atoms with E-state index >= 15 is 0 Å². The molecule has 9 N–H and O–H groups in total. The van der Waals surface area contributed by atoms with Crippen molar-refractivity contribution in [3.05, 3.63) is 97.2 Å².